The van der Waals surface area contributed by atoms with Crippen LogP contribution in [0.5, 0.6) is 0 Å². The Hall–Kier alpha value is -2.76. The molecule has 1 atom stereocenters. The second-order valence-electron chi connectivity index (χ2n) is 5.38. The van der Waals surface area contributed by atoms with E-state index in [-0.39, 0.29) is 12.1 Å². The first-order chi connectivity index (χ1) is 10.9. The Labute approximate surface area is 134 Å². The molecule has 2 rings (SSSR count). The van der Waals surface area contributed by atoms with Gasteiger partial charge in [0.25, 0.3) is 5.91 Å². The number of carboxylic acids is 1. The molecule has 0 unspecified atom stereocenters. The van der Waals surface area contributed by atoms with E-state index >= 15 is 0 Å². The fourth-order valence-corrected chi connectivity index (χ4v) is 2.21. The third-order valence-electron chi connectivity index (χ3n) is 3.58. The average molecular weight is 313 g/mol. The van der Waals surface area contributed by atoms with Gasteiger partial charge >= 0.3 is 5.97 Å². The Morgan fingerprint density at radius 1 is 1.04 bits per heavy atom. The number of hydrogen-bond acceptors (Lipinski definition) is 4. The van der Waals surface area contributed by atoms with Gasteiger partial charge in [-0.15, -0.1) is 0 Å². The number of aromatic nitrogens is 2. The minimum Gasteiger partial charge on any atom is -0.480 e. The van der Waals surface area contributed by atoms with E-state index in [2.05, 4.69) is 15.3 Å². The number of amides is 1. The van der Waals surface area contributed by atoms with Crippen molar-refractivity contribution < 1.29 is 14.7 Å². The smallest absolute Gasteiger partial charge is 0.326 e. The molecule has 0 radical (unpaired) electrons. The molecular formula is C17H19N3O3. The van der Waals surface area contributed by atoms with Gasteiger partial charge in [0, 0.05) is 6.42 Å². The minimum atomic E-state index is -1.09. The highest BCUT2D eigenvalue weighted by Gasteiger charge is 2.23. The Morgan fingerprint density at radius 3 is 2.26 bits per heavy atom. The van der Waals surface area contributed by atoms with E-state index in [9.17, 15) is 14.7 Å². The maximum absolute atomic E-state index is 12.4. The molecule has 0 aliphatic heterocycles. The zero-order valence-corrected chi connectivity index (χ0v) is 13.3. The molecule has 120 valence electrons. The van der Waals surface area contributed by atoms with E-state index < -0.39 is 17.9 Å². The monoisotopic (exact) mass is 313 g/mol. The summed E-state index contributed by atoms with van der Waals surface area (Å²) < 4.78 is 0. The molecule has 1 heterocycles. The van der Waals surface area contributed by atoms with Gasteiger partial charge in [-0.2, -0.15) is 0 Å². The van der Waals surface area contributed by atoms with Crippen molar-refractivity contribution in [2.24, 2.45) is 0 Å². The van der Waals surface area contributed by atoms with Gasteiger partial charge in [-0.1, -0.05) is 30.3 Å². The van der Waals surface area contributed by atoms with Crippen molar-refractivity contribution in [3.8, 4) is 0 Å². The molecule has 2 N–H and O–H groups in total. The van der Waals surface area contributed by atoms with Gasteiger partial charge in [0.1, 0.15) is 11.7 Å². The molecule has 0 aliphatic rings. The van der Waals surface area contributed by atoms with Crippen LogP contribution in [-0.2, 0) is 11.2 Å². The van der Waals surface area contributed by atoms with E-state index in [0.29, 0.717) is 11.4 Å². The van der Waals surface area contributed by atoms with Crippen LogP contribution in [0.1, 0.15) is 33.1 Å². The Morgan fingerprint density at radius 2 is 1.65 bits per heavy atom. The molecule has 2 aromatic rings. The van der Waals surface area contributed by atoms with Crippen LogP contribution >= 0.6 is 0 Å². The molecule has 1 amide bonds. The number of carbonyl (C=O) groups excluding carboxylic acids is 1. The van der Waals surface area contributed by atoms with Gasteiger partial charge in [0.15, 0.2) is 0 Å². The summed E-state index contributed by atoms with van der Waals surface area (Å²) in [6, 6.07) is 8.13. The molecule has 1 aromatic heterocycles. The Balaban J connectivity index is 2.18. The van der Waals surface area contributed by atoms with Crippen LogP contribution in [-0.4, -0.2) is 33.0 Å². The number of rotatable bonds is 5. The molecule has 6 nitrogen and oxygen atoms in total. The van der Waals surface area contributed by atoms with Crippen molar-refractivity contribution in [2.75, 3.05) is 0 Å². The predicted molar refractivity (Wildman–Crippen MR) is 85.3 cm³/mol. The summed E-state index contributed by atoms with van der Waals surface area (Å²) in [6.45, 7) is 5.25. The van der Waals surface area contributed by atoms with Crippen molar-refractivity contribution >= 4 is 11.9 Å². The largest absolute Gasteiger partial charge is 0.480 e. The van der Waals surface area contributed by atoms with Gasteiger partial charge in [-0.25, -0.2) is 9.78 Å². The summed E-state index contributed by atoms with van der Waals surface area (Å²) >= 11 is 0. The zero-order valence-electron chi connectivity index (χ0n) is 13.3. The molecular weight excluding hydrogens is 294 g/mol. The summed E-state index contributed by atoms with van der Waals surface area (Å²) in [5, 5.41) is 11.9. The number of hydrogen-bond donors (Lipinski definition) is 2. The van der Waals surface area contributed by atoms with Gasteiger partial charge in [-0.05, 0) is 26.3 Å². The molecule has 1 aromatic carbocycles. The topological polar surface area (TPSA) is 92.2 Å². The summed E-state index contributed by atoms with van der Waals surface area (Å²) in [7, 11) is 0. The molecule has 0 saturated heterocycles. The third kappa shape index (κ3) is 4.12. The highest BCUT2D eigenvalue weighted by Crippen LogP contribution is 2.09. The number of nitrogens with one attached hydrogen (secondary N) is 1. The number of aryl methyl sites for hydroxylation is 3. The second-order valence-corrected chi connectivity index (χ2v) is 5.38. The first-order valence-corrected chi connectivity index (χ1v) is 7.28. The summed E-state index contributed by atoms with van der Waals surface area (Å²) in [5.41, 5.74) is 2.87. The number of carbonyl (C=O) groups is 2. The Bertz CT molecular complexity index is 729. The molecule has 0 fully saturated rings. The van der Waals surface area contributed by atoms with Crippen LogP contribution in [0.2, 0.25) is 0 Å². The number of nitrogens with zero attached hydrogens (tertiary/aromatic N) is 2. The van der Waals surface area contributed by atoms with E-state index in [1.165, 1.54) is 0 Å². The standard InChI is InChI=1S/C17H19N3O3/c1-10-11(2)19-15(12(3)18-10)16(21)20-14(17(22)23)9-13-7-5-4-6-8-13/h4-8,14H,9H2,1-3H3,(H,20,21)(H,22,23)/t14-/m0/s1. The van der Waals surface area contributed by atoms with Gasteiger partial charge < -0.3 is 10.4 Å². The van der Waals surface area contributed by atoms with Crippen molar-refractivity contribution in [3.05, 3.63) is 58.7 Å². The zero-order chi connectivity index (χ0) is 17.0. The van der Waals surface area contributed by atoms with Crippen LogP contribution in [0, 0.1) is 20.8 Å². The van der Waals surface area contributed by atoms with Crippen molar-refractivity contribution in [1.29, 1.82) is 0 Å². The second kappa shape index (κ2) is 7.00. The maximum Gasteiger partial charge on any atom is 0.326 e. The van der Waals surface area contributed by atoms with Crippen LogP contribution in [0.25, 0.3) is 0 Å². The lowest BCUT2D eigenvalue weighted by atomic mass is 10.1. The summed E-state index contributed by atoms with van der Waals surface area (Å²) in [5.74, 6) is -1.61. The highest BCUT2D eigenvalue weighted by molar-refractivity contribution is 5.95. The number of carboxylic acid groups (broad SMARTS) is 1. The van der Waals surface area contributed by atoms with Crippen LogP contribution in [0.4, 0.5) is 0 Å². The lowest BCUT2D eigenvalue weighted by molar-refractivity contribution is -0.139. The van der Waals surface area contributed by atoms with E-state index in [1.807, 2.05) is 37.3 Å². The molecule has 0 saturated carbocycles. The van der Waals surface area contributed by atoms with Crippen molar-refractivity contribution in [1.82, 2.24) is 15.3 Å². The predicted octanol–water partition coefficient (Wildman–Crippen LogP) is 1.83. The van der Waals surface area contributed by atoms with Crippen molar-refractivity contribution in [3.63, 3.8) is 0 Å². The minimum absolute atomic E-state index is 0.160. The molecule has 6 heteroatoms. The number of benzene rings is 1. The summed E-state index contributed by atoms with van der Waals surface area (Å²) in [6.07, 6.45) is 0.208. The maximum atomic E-state index is 12.4. The van der Waals surface area contributed by atoms with E-state index in [0.717, 1.165) is 11.3 Å². The SMILES string of the molecule is Cc1nc(C)c(C(=O)N[C@@H](Cc2ccccc2)C(=O)O)nc1C. The molecule has 0 bridgehead atoms. The first kappa shape index (κ1) is 16.6. The van der Waals surface area contributed by atoms with Crippen LogP contribution in [0.15, 0.2) is 30.3 Å². The van der Waals surface area contributed by atoms with E-state index in [1.54, 1.807) is 13.8 Å². The average Bonchev–Trinajstić information content (AvgIpc) is 2.51. The van der Waals surface area contributed by atoms with E-state index in [4.69, 9.17) is 0 Å². The van der Waals surface area contributed by atoms with Crippen molar-refractivity contribution in [2.45, 2.75) is 33.2 Å². The molecule has 23 heavy (non-hydrogen) atoms. The lowest BCUT2D eigenvalue weighted by Crippen LogP contribution is -2.43. The molecule has 0 aliphatic carbocycles. The first-order valence-electron chi connectivity index (χ1n) is 7.28. The van der Waals surface area contributed by atoms with Crippen LogP contribution in [0.3, 0.4) is 0 Å². The summed E-state index contributed by atoms with van der Waals surface area (Å²) in [4.78, 5) is 32.3. The normalized spacial score (nSPS) is 11.8. The lowest BCUT2D eigenvalue weighted by Gasteiger charge is -2.15. The van der Waals surface area contributed by atoms with Gasteiger partial charge in [0.05, 0.1) is 17.1 Å². The fourth-order valence-electron chi connectivity index (χ4n) is 2.21. The third-order valence-corrected chi connectivity index (χ3v) is 3.58. The molecule has 0 spiro atoms. The Kier molecular flexibility index (Phi) is 5.05. The highest BCUT2D eigenvalue weighted by atomic mass is 16.4. The number of aliphatic carboxylic acids is 1. The van der Waals surface area contributed by atoms with Gasteiger partial charge in [0.2, 0.25) is 0 Å². The van der Waals surface area contributed by atoms with Gasteiger partial charge in [-0.3, -0.25) is 9.78 Å². The quantitative estimate of drug-likeness (QED) is 0.878. The fraction of sp³-hybridized carbons (Fsp3) is 0.294. The van der Waals surface area contributed by atoms with Crippen LogP contribution < -0.4 is 5.32 Å².